The van der Waals surface area contributed by atoms with E-state index in [9.17, 15) is 9.59 Å². The molecular formula is C16H15N5O2S. The lowest BCUT2D eigenvalue weighted by Gasteiger charge is -2.07. The van der Waals surface area contributed by atoms with Crippen LogP contribution >= 0.6 is 11.3 Å². The molecule has 0 spiro atoms. The molecule has 0 aliphatic carbocycles. The highest BCUT2D eigenvalue weighted by atomic mass is 32.1. The van der Waals surface area contributed by atoms with E-state index in [-0.39, 0.29) is 5.69 Å². The summed E-state index contributed by atoms with van der Waals surface area (Å²) >= 11 is 1.27. The Hall–Kier alpha value is -2.87. The molecule has 2 aromatic heterocycles. The summed E-state index contributed by atoms with van der Waals surface area (Å²) in [5.74, 6) is -0.596. The van der Waals surface area contributed by atoms with Crippen LogP contribution in [0.5, 0.6) is 0 Å². The summed E-state index contributed by atoms with van der Waals surface area (Å²) in [5, 5.41) is 15.7. The average Bonchev–Trinajstić information content (AvgIpc) is 3.02. The van der Waals surface area contributed by atoms with Crippen LogP contribution in [0.2, 0.25) is 0 Å². The molecule has 3 aromatic rings. The van der Waals surface area contributed by atoms with E-state index < -0.39 is 11.3 Å². The van der Waals surface area contributed by atoms with Crippen LogP contribution in [0.4, 0.5) is 5.13 Å². The van der Waals surface area contributed by atoms with Gasteiger partial charge < -0.3 is 0 Å². The van der Waals surface area contributed by atoms with Crippen molar-refractivity contribution in [3.63, 3.8) is 0 Å². The standard InChI is InChI=1S/C16H15N5O2S/c1-3-13-18-19-16(24-13)17-15(23)14-12(22)7-8-21(20-14)11-6-4-5-10(2)9-11/h4-9H,3H2,1-2H3,(H,17,19,23). The summed E-state index contributed by atoms with van der Waals surface area (Å²) in [6.45, 7) is 3.91. The lowest BCUT2D eigenvalue weighted by molar-refractivity contribution is 0.101. The highest BCUT2D eigenvalue weighted by Crippen LogP contribution is 2.15. The molecule has 0 saturated heterocycles. The fraction of sp³-hybridized carbons (Fsp3) is 0.188. The summed E-state index contributed by atoms with van der Waals surface area (Å²) in [6.07, 6.45) is 2.27. The van der Waals surface area contributed by atoms with Crippen molar-refractivity contribution in [3.8, 4) is 5.69 Å². The number of nitrogens with one attached hydrogen (secondary N) is 1. The van der Waals surface area contributed by atoms with Crippen LogP contribution in [-0.2, 0) is 6.42 Å². The summed E-state index contributed by atoms with van der Waals surface area (Å²) in [7, 11) is 0. The van der Waals surface area contributed by atoms with Gasteiger partial charge in [-0.15, -0.1) is 10.2 Å². The molecule has 0 fully saturated rings. The molecule has 1 N–H and O–H groups in total. The zero-order valence-electron chi connectivity index (χ0n) is 13.2. The number of aromatic nitrogens is 4. The van der Waals surface area contributed by atoms with Gasteiger partial charge in [0.25, 0.3) is 5.91 Å². The fourth-order valence-electron chi connectivity index (χ4n) is 2.08. The lowest BCUT2D eigenvalue weighted by atomic mass is 10.2. The SMILES string of the molecule is CCc1nnc(NC(=O)c2nn(-c3cccc(C)c3)ccc2=O)s1. The predicted octanol–water partition coefficient (Wildman–Crippen LogP) is 2.21. The van der Waals surface area contributed by atoms with Crippen molar-refractivity contribution in [1.29, 1.82) is 0 Å². The van der Waals surface area contributed by atoms with E-state index in [1.807, 2.05) is 38.1 Å². The van der Waals surface area contributed by atoms with Crippen LogP contribution < -0.4 is 10.7 Å². The Balaban J connectivity index is 1.91. The molecule has 0 bridgehead atoms. The monoisotopic (exact) mass is 341 g/mol. The molecule has 0 radical (unpaired) electrons. The van der Waals surface area contributed by atoms with Crippen molar-refractivity contribution in [2.75, 3.05) is 5.32 Å². The van der Waals surface area contributed by atoms with Crippen molar-refractivity contribution >= 4 is 22.4 Å². The van der Waals surface area contributed by atoms with Crippen LogP contribution in [-0.4, -0.2) is 25.9 Å². The van der Waals surface area contributed by atoms with Gasteiger partial charge in [-0.2, -0.15) is 5.10 Å². The number of anilines is 1. The molecule has 3 rings (SSSR count). The van der Waals surface area contributed by atoms with Gasteiger partial charge in [0.15, 0.2) is 5.69 Å². The minimum atomic E-state index is -0.596. The zero-order chi connectivity index (χ0) is 17.1. The Morgan fingerprint density at radius 3 is 2.83 bits per heavy atom. The van der Waals surface area contributed by atoms with Crippen molar-refractivity contribution in [2.24, 2.45) is 0 Å². The minimum absolute atomic E-state index is 0.188. The largest absolute Gasteiger partial charge is 0.295 e. The van der Waals surface area contributed by atoms with E-state index in [0.717, 1.165) is 22.7 Å². The molecule has 122 valence electrons. The van der Waals surface area contributed by atoms with E-state index in [2.05, 4.69) is 20.6 Å². The summed E-state index contributed by atoms with van der Waals surface area (Å²) in [4.78, 5) is 24.3. The van der Waals surface area contributed by atoms with E-state index in [0.29, 0.717) is 5.13 Å². The lowest BCUT2D eigenvalue weighted by Crippen LogP contribution is -2.25. The average molecular weight is 341 g/mol. The van der Waals surface area contributed by atoms with Crippen molar-refractivity contribution in [2.45, 2.75) is 20.3 Å². The first-order chi connectivity index (χ1) is 11.6. The molecule has 0 aliphatic rings. The Bertz CT molecular complexity index is 947. The van der Waals surface area contributed by atoms with Gasteiger partial charge in [-0.25, -0.2) is 4.68 Å². The van der Waals surface area contributed by atoms with E-state index in [1.54, 1.807) is 0 Å². The van der Waals surface area contributed by atoms with Crippen LogP contribution in [0.15, 0.2) is 41.3 Å². The van der Waals surface area contributed by atoms with Crippen LogP contribution in [0, 0.1) is 6.92 Å². The first-order valence-corrected chi connectivity index (χ1v) is 8.19. The number of hydrogen-bond donors (Lipinski definition) is 1. The number of rotatable bonds is 4. The van der Waals surface area contributed by atoms with E-state index in [4.69, 9.17) is 0 Å². The Morgan fingerprint density at radius 2 is 2.12 bits per heavy atom. The normalized spacial score (nSPS) is 10.6. The Morgan fingerprint density at radius 1 is 1.29 bits per heavy atom. The quantitative estimate of drug-likeness (QED) is 0.786. The molecule has 0 saturated carbocycles. The molecule has 8 heteroatoms. The summed E-state index contributed by atoms with van der Waals surface area (Å²) in [6, 6.07) is 8.93. The van der Waals surface area contributed by atoms with Gasteiger partial charge in [-0.1, -0.05) is 30.4 Å². The van der Waals surface area contributed by atoms with Gasteiger partial charge in [-0.05, 0) is 31.0 Å². The second-order valence-corrected chi connectivity index (χ2v) is 6.18. The third-order valence-corrected chi connectivity index (χ3v) is 4.26. The minimum Gasteiger partial charge on any atom is -0.295 e. The van der Waals surface area contributed by atoms with Gasteiger partial charge in [0, 0.05) is 12.3 Å². The number of benzene rings is 1. The first-order valence-electron chi connectivity index (χ1n) is 7.37. The van der Waals surface area contributed by atoms with Crippen LogP contribution in [0.25, 0.3) is 5.69 Å². The number of amides is 1. The molecule has 2 heterocycles. The molecule has 0 unspecified atom stereocenters. The van der Waals surface area contributed by atoms with Gasteiger partial charge in [0.05, 0.1) is 5.69 Å². The highest BCUT2D eigenvalue weighted by Gasteiger charge is 2.15. The molecule has 1 aromatic carbocycles. The second-order valence-electron chi connectivity index (χ2n) is 5.12. The molecule has 7 nitrogen and oxygen atoms in total. The smallest absolute Gasteiger partial charge is 0.282 e. The van der Waals surface area contributed by atoms with Gasteiger partial charge in [0.1, 0.15) is 5.01 Å². The van der Waals surface area contributed by atoms with Gasteiger partial charge >= 0.3 is 0 Å². The van der Waals surface area contributed by atoms with Gasteiger partial charge in [0.2, 0.25) is 10.6 Å². The third kappa shape index (κ3) is 3.38. The zero-order valence-corrected chi connectivity index (χ0v) is 14.0. The number of hydrogen-bond acceptors (Lipinski definition) is 6. The summed E-state index contributed by atoms with van der Waals surface area (Å²) < 4.78 is 1.50. The maximum absolute atomic E-state index is 12.3. The fourth-order valence-corrected chi connectivity index (χ4v) is 2.76. The highest BCUT2D eigenvalue weighted by molar-refractivity contribution is 7.15. The van der Waals surface area contributed by atoms with Crippen molar-refractivity contribution in [3.05, 3.63) is 63.0 Å². The predicted molar refractivity (Wildman–Crippen MR) is 91.8 cm³/mol. The molecule has 0 aliphatic heterocycles. The van der Waals surface area contributed by atoms with Crippen molar-refractivity contribution < 1.29 is 4.79 Å². The number of carbonyl (C=O) groups is 1. The van der Waals surface area contributed by atoms with Crippen LogP contribution in [0.3, 0.4) is 0 Å². The third-order valence-electron chi connectivity index (χ3n) is 3.28. The van der Waals surface area contributed by atoms with E-state index in [1.165, 1.54) is 28.3 Å². The van der Waals surface area contributed by atoms with Crippen molar-refractivity contribution in [1.82, 2.24) is 20.0 Å². The number of carbonyl (C=O) groups excluding carboxylic acids is 1. The maximum atomic E-state index is 12.3. The Kier molecular flexibility index (Phi) is 4.48. The second kappa shape index (κ2) is 6.71. The van der Waals surface area contributed by atoms with Crippen LogP contribution in [0.1, 0.15) is 28.0 Å². The Labute approximate surface area is 142 Å². The first kappa shape index (κ1) is 16.0. The molecular weight excluding hydrogens is 326 g/mol. The molecule has 1 amide bonds. The topological polar surface area (TPSA) is 89.8 Å². The van der Waals surface area contributed by atoms with E-state index >= 15 is 0 Å². The maximum Gasteiger partial charge on any atom is 0.282 e. The molecule has 24 heavy (non-hydrogen) atoms. The number of aryl methyl sites for hydroxylation is 2. The summed E-state index contributed by atoms with van der Waals surface area (Å²) in [5.41, 5.74) is 1.19. The molecule has 0 atom stereocenters. The number of nitrogens with zero attached hydrogens (tertiary/aromatic N) is 4. The van der Waals surface area contributed by atoms with Gasteiger partial charge in [-0.3, -0.25) is 14.9 Å².